The number of benzene rings is 5. The van der Waals surface area contributed by atoms with Gasteiger partial charge in [-0.25, -0.2) is 4.79 Å². The molecule has 2 atom stereocenters. The van der Waals surface area contributed by atoms with Crippen LogP contribution >= 0.6 is 22.9 Å². The van der Waals surface area contributed by atoms with E-state index in [1.165, 1.54) is 29.0 Å². The highest BCUT2D eigenvalue weighted by atomic mass is 35.5. The quantitative estimate of drug-likeness (QED) is 0.0527. The lowest BCUT2D eigenvalue weighted by molar-refractivity contribution is -0.164. The van der Waals surface area contributed by atoms with Gasteiger partial charge in [0.15, 0.2) is 0 Å². The number of nitrogens with zero attached hydrogens (tertiary/aromatic N) is 1. The van der Waals surface area contributed by atoms with Crippen LogP contribution in [0.1, 0.15) is 62.0 Å². The highest BCUT2D eigenvalue weighted by Crippen LogP contribution is 2.36. The van der Waals surface area contributed by atoms with Gasteiger partial charge in [0.2, 0.25) is 11.2 Å². The molecule has 0 aliphatic carbocycles. The van der Waals surface area contributed by atoms with E-state index < -0.39 is 17.7 Å². The Balaban J connectivity index is 0.861. The molecule has 8 rings (SSSR count). The Labute approximate surface area is 380 Å². The molecule has 1 saturated heterocycles. The topological polar surface area (TPSA) is 164 Å². The third kappa shape index (κ3) is 10.3. The van der Waals surface area contributed by atoms with Crippen molar-refractivity contribution in [2.75, 3.05) is 26.2 Å². The lowest BCUT2D eigenvalue weighted by Gasteiger charge is -2.33. The number of hydrogen-bond donors (Lipinski definition) is 6. The van der Waals surface area contributed by atoms with E-state index in [0.717, 1.165) is 53.4 Å². The van der Waals surface area contributed by atoms with Crippen LogP contribution in [0.15, 0.2) is 144 Å². The summed E-state index contributed by atoms with van der Waals surface area (Å²) in [5.41, 5.74) is 2.47. The summed E-state index contributed by atoms with van der Waals surface area (Å²) in [6, 6.07) is 41.5. The minimum Gasteiger partial charge on any atom is -0.506 e. The molecule has 1 fully saturated rings. The van der Waals surface area contributed by atoms with Gasteiger partial charge in [-0.15, -0.1) is 11.3 Å². The number of pyridine rings is 1. The number of phenols is 1. The number of aromatic nitrogens is 1. The second-order valence-electron chi connectivity index (χ2n) is 16.1. The third-order valence-corrected chi connectivity index (χ3v) is 13.3. The molecule has 0 radical (unpaired) electrons. The zero-order chi connectivity index (χ0) is 44.6. The minimum absolute atomic E-state index is 0.0822. The molecule has 7 aromatic rings. The van der Waals surface area contributed by atoms with Gasteiger partial charge in [0.05, 0.1) is 24.8 Å². The van der Waals surface area contributed by atoms with Crippen molar-refractivity contribution in [3.8, 4) is 16.2 Å². The maximum absolute atomic E-state index is 14.0. The highest BCUT2D eigenvalue weighted by molar-refractivity contribution is 7.15. The lowest BCUT2D eigenvalue weighted by atomic mass is 9.85. The number of H-pyrrole nitrogens is 1. The number of aliphatic hydroxyl groups excluding tert-OH is 1. The fourth-order valence-electron chi connectivity index (χ4n) is 8.16. The largest absolute Gasteiger partial charge is 0.506 e. The molecule has 1 amide bonds. The number of likely N-dealkylation sites (tertiary alicyclic amines) is 1. The van der Waals surface area contributed by atoms with Crippen molar-refractivity contribution in [2.24, 2.45) is 5.92 Å². The van der Waals surface area contributed by atoms with Crippen LogP contribution in [0.4, 0.5) is 0 Å². The Morgan fingerprint density at radius 1 is 0.859 bits per heavy atom. The first kappa shape index (κ1) is 44.5. The molecule has 0 bridgehead atoms. The first-order valence-corrected chi connectivity index (χ1v) is 22.5. The van der Waals surface area contributed by atoms with Crippen molar-refractivity contribution < 1.29 is 29.6 Å². The van der Waals surface area contributed by atoms with Crippen LogP contribution in [0.5, 0.6) is 5.75 Å². The van der Waals surface area contributed by atoms with E-state index in [4.69, 9.17) is 16.3 Å². The number of aliphatic hydroxyl groups is 2. The maximum Gasteiger partial charge on any atom is 0.347 e. The monoisotopic (exact) mass is 896 g/mol. The van der Waals surface area contributed by atoms with Gasteiger partial charge in [0.1, 0.15) is 5.75 Å². The normalized spacial score (nSPS) is 14.8. The van der Waals surface area contributed by atoms with Crippen LogP contribution in [-0.2, 0) is 34.8 Å². The Morgan fingerprint density at radius 2 is 1.61 bits per heavy atom. The average Bonchev–Trinajstić information content (AvgIpc) is 3.81. The van der Waals surface area contributed by atoms with Gasteiger partial charge >= 0.3 is 5.97 Å². The van der Waals surface area contributed by atoms with Crippen molar-refractivity contribution >= 4 is 45.7 Å². The molecule has 64 heavy (non-hydrogen) atoms. The van der Waals surface area contributed by atoms with Gasteiger partial charge in [0, 0.05) is 57.0 Å². The summed E-state index contributed by atoms with van der Waals surface area (Å²) in [4.78, 5) is 45.8. The van der Waals surface area contributed by atoms with E-state index in [1.54, 1.807) is 60.7 Å². The molecule has 2 aromatic heterocycles. The van der Waals surface area contributed by atoms with Crippen molar-refractivity contribution in [1.82, 2.24) is 20.5 Å². The molecular weight excluding hydrogens is 848 g/mol. The first-order chi connectivity index (χ1) is 31.0. The SMILES string of the molecule is O=C(NCc1ccc(-c2cccc(C(O)(C(=O)OCC3CCN(Cc4ccccc4)CC3)c3ccccc3)c2)s1)c1ccc(CNCC(O)c2ccc(O)c3[nH]c(=O)ccc23)c(Cl)c1. The number of nitrogens with one attached hydrogen (secondary N) is 3. The predicted molar refractivity (Wildman–Crippen MR) is 250 cm³/mol. The summed E-state index contributed by atoms with van der Waals surface area (Å²) in [5, 5.41) is 40.5. The number of halogens is 1. The van der Waals surface area contributed by atoms with Gasteiger partial charge in [-0.05, 0) is 102 Å². The van der Waals surface area contributed by atoms with Crippen molar-refractivity contribution in [3.05, 3.63) is 193 Å². The zero-order valence-corrected chi connectivity index (χ0v) is 36.6. The summed E-state index contributed by atoms with van der Waals surface area (Å²) in [6.07, 6.45) is 0.872. The first-order valence-electron chi connectivity index (χ1n) is 21.3. The summed E-state index contributed by atoms with van der Waals surface area (Å²) >= 11 is 8.09. The number of fused-ring (bicyclic) bond motifs is 1. The molecule has 5 aromatic carbocycles. The highest BCUT2D eigenvalue weighted by Gasteiger charge is 2.42. The van der Waals surface area contributed by atoms with Gasteiger partial charge < -0.3 is 35.7 Å². The molecule has 1 aliphatic heterocycles. The van der Waals surface area contributed by atoms with Gasteiger partial charge in [-0.2, -0.15) is 0 Å². The number of ether oxygens (including phenoxy) is 1. The Morgan fingerprint density at radius 3 is 2.38 bits per heavy atom. The number of piperidine rings is 1. The Kier molecular flexibility index (Phi) is 14.0. The summed E-state index contributed by atoms with van der Waals surface area (Å²) < 4.78 is 5.94. The second-order valence-corrected chi connectivity index (χ2v) is 17.7. The van der Waals surface area contributed by atoms with Crippen LogP contribution < -0.4 is 16.2 Å². The number of thiophene rings is 1. The van der Waals surface area contributed by atoms with E-state index in [1.807, 2.05) is 42.5 Å². The molecule has 2 unspecified atom stereocenters. The van der Waals surface area contributed by atoms with E-state index >= 15 is 0 Å². The van der Waals surface area contributed by atoms with E-state index in [2.05, 4.69) is 44.8 Å². The Hall–Kier alpha value is -6.12. The fraction of sp³-hybridized carbons (Fsp3) is 0.235. The van der Waals surface area contributed by atoms with Crippen molar-refractivity contribution in [3.63, 3.8) is 0 Å². The number of esters is 1. The molecule has 13 heteroatoms. The van der Waals surface area contributed by atoms with Crippen molar-refractivity contribution in [1.29, 1.82) is 0 Å². The van der Waals surface area contributed by atoms with Gasteiger partial charge in [-0.1, -0.05) is 103 Å². The van der Waals surface area contributed by atoms with Crippen LogP contribution in [-0.4, -0.2) is 63.3 Å². The third-order valence-electron chi connectivity index (χ3n) is 11.8. The van der Waals surface area contributed by atoms with Crippen molar-refractivity contribution in [2.45, 2.75) is 44.2 Å². The van der Waals surface area contributed by atoms with Gasteiger partial charge in [0.25, 0.3) is 5.91 Å². The number of hydrogen-bond acceptors (Lipinski definition) is 10. The molecule has 6 N–H and O–H groups in total. The number of aromatic amines is 1. The van der Waals surface area contributed by atoms with E-state index in [9.17, 15) is 29.7 Å². The molecule has 1 aliphatic rings. The number of amides is 1. The van der Waals surface area contributed by atoms with Gasteiger partial charge in [-0.3, -0.25) is 14.5 Å². The minimum atomic E-state index is -2.03. The van der Waals surface area contributed by atoms with Crippen LogP contribution in [0.3, 0.4) is 0 Å². The molecule has 0 spiro atoms. The Bertz CT molecular complexity index is 2790. The van der Waals surface area contributed by atoms with Crippen LogP contribution in [0, 0.1) is 5.92 Å². The summed E-state index contributed by atoms with van der Waals surface area (Å²) in [6.45, 7) is 3.72. The van der Waals surface area contributed by atoms with Crippen LogP contribution in [0.25, 0.3) is 21.3 Å². The molecule has 328 valence electrons. The van der Waals surface area contributed by atoms with E-state index in [0.29, 0.717) is 39.2 Å². The average molecular weight is 897 g/mol. The molecule has 11 nitrogen and oxygen atoms in total. The number of carbonyl (C=O) groups excluding carboxylic acids is 2. The standard InChI is InChI=1S/C51H49ClN4O7S/c52-43-27-36(14-15-37(43)28-53-30-45(58)41-17-19-44(57)48-42(41)18-21-47(59)55-48)49(60)54-29-40-16-20-46(64-40)35-10-7-13-39(26-35)51(62,38-11-5-2-6-12-38)50(61)63-32-34-22-24-56(25-23-34)31-33-8-3-1-4-9-33/h1-21,26-27,34,45,53,57-58,62H,22-25,28-32H2,(H,54,60)(H,55,59). The number of carbonyl (C=O) groups is 2. The molecular formula is C51H49ClN4O7S. The molecule has 3 heterocycles. The number of aromatic hydroxyl groups is 1. The molecule has 0 saturated carbocycles. The van der Waals surface area contributed by atoms with Crippen LogP contribution in [0.2, 0.25) is 5.02 Å². The second kappa shape index (κ2) is 20.2. The zero-order valence-electron chi connectivity index (χ0n) is 35.0. The lowest BCUT2D eigenvalue weighted by Crippen LogP contribution is -2.40. The maximum atomic E-state index is 14.0. The summed E-state index contributed by atoms with van der Waals surface area (Å²) in [5.74, 6) is -0.883. The number of rotatable bonds is 16. The summed E-state index contributed by atoms with van der Waals surface area (Å²) in [7, 11) is 0. The predicted octanol–water partition coefficient (Wildman–Crippen LogP) is 8.06. The van der Waals surface area contributed by atoms with E-state index in [-0.39, 0.29) is 48.3 Å². The fourth-order valence-corrected chi connectivity index (χ4v) is 9.35. The smallest absolute Gasteiger partial charge is 0.347 e. The number of phenolic OH excluding ortho intramolecular Hbond substituents is 1.